The van der Waals surface area contributed by atoms with E-state index in [0.29, 0.717) is 31.5 Å². The number of likely N-dealkylation sites (tertiary alicyclic amines) is 1. The highest BCUT2D eigenvalue weighted by Crippen LogP contribution is 2.20. The van der Waals surface area contributed by atoms with Gasteiger partial charge in [-0.25, -0.2) is 4.98 Å². The zero-order valence-electron chi connectivity index (χ0n) is 16.2. The van der Waals surface area contributed by atoms with Gasteiger partial charge in [-0.1, -0.05) is 0 Å². The van der Waals surface area contributed by atoms with Gasteiger partial charge in [0.05, 0.1) is 6.33 Å². The van der Waals surface area contributed by atoms with Gasteiger partial charge in [0.2, 0.25) is 23.6 Å². The Hall–Kier alpha value is -3.44. The first-order chi connectivity index (χ1) is 14.3. The molecule has 2 saturated heterocycles. The molecule has 0 bridgehead atoms. The summed E-state index contributed by atoms with van der Waals surface area (Å²) < 4.78 is 0. The Morgan fingerprint density at radius 1 is 1.27 bits per heavy atom. The van der Waals surface area contributed by atoms with Crippen LogP contribution in [-0.4, -0.2) is 80.8 Å². The number of hydrogen-bond acceptors (Lipinski definition) is 6. The van der Waals surface area contributed by atoms with Crippen LogP contribution in [0.3, 0.4) is 0 Å². The molecule has 0 aromatic carbocycles. The monoisotopic (exact) mass is 420 g/mol. The molecule has 1 aromatic rings. The minimum atomic E-state index is -1.18. The summed E-state index contributed by atoms with van der Waals surface area (Å²) in [5.74, 6) is -2.86. The fourth-order valence-electron chi connectivity index (χ4n) is 3.68. The molecule has 2 aliphatic rings. The number of H-pyrrole nitrogens is 1. The molecular weight excluding hydrogens is 396 g/mol. The molecule has 0 unspecified atom stereocenters. The number of rotatable bonds is 8. The first kappa shape index (κ1) is 21.3. The second-order valence-electron chi connectivity index (χ2n) is 7.30. The van der Waals surface area contributed by atoms with Crippen molar-refractivity contribution in [2.75, 3.05) is 13.1 Å². The quantitative estimate of drug-likeness (QED) is 0.320. The number of aromatic nitrogens is 2. The highest BCUT2D eigenvalue weighted by Gasteiger charge is 2.39. The van der Waals surface area contributed by atoms with Gasteiger partial charge in [-0.2, -0.15) is 0 Å². The summed E-state index contributed by atoms with van der Waals surface area (Å²) in [6.07, 6.45) is 4.69. The van der Waals surface area contributed by atoms with E-state index in [1.165, 1.54) is 17.4 Å². The predicted octanol–water partition coefficient (Wildman–Crippen LogP) is -2.09. The van der Waals surface area contributed by atoms with Crippen molar-refractivity contribution in [3.8, 4) is 0 Å². The predicted molar refractivity (Wildman–Crippen MR) is 101 cm³/mol. The van der Waals surface area contributed by atoms with Gasteiger partial charge in [0.1, 0.15) is 24.7 Å². The number of carbonyl (C=O) groups excluding carboxylic acids is 4. The van der Waals surface area contributed by atoms with Crippen molar-refractivity contribution in [1.29, 1.82) is 0 Å². The summed E-state index contributed by atoms with van der Waals surface area (Å²) in [4.78, 5) is 68.4. The van der Waals surface area contributed by atoms with Crippen molar-refractivity contribution in [2.45, 2.75) is 50.2 Å². The number of carboxylic acid groups (broad SMARTS) is 1. The smallest absolute Gasteiger partial charge is 0.322 e. The molecule has 3 rings (SSSR count). The van der Waals surface area contributed by atoms with Gasteiger partial charge < -0.3 is 30.9 Å². The molecule has 1 aromatic heterocycles. The van der Waals surface area contributed by atoms with E-state index in [2.05, 4.69) is 25.9 Å². The molecule has 0 spiro atoms. The lowest BCUT2D eigenvalue weighted by molar-refractivity contribution is -0.142. The number of aromatic amines is 1. The van der Waals surface area contributed by atoms with E-state index >= 15 is 0 Å². The second-order valence-corrected chi connectivity index (χ2v) is 7.30. The van der Waals surface area contributed by atoms with E-state index < -0.39 is 48.4 Å². The van der Waals surface area contributed by atoms with E-state index in [9.17, 15) is 24.0 Å². The average Bonchev–Trinajstić information content (AvgIpc) is 3.46. The number of carboxylic acids is 1. The highest BCUT2D eigenvalue weighted by atomic mass is 16.4. The molecule has 0 saturated carbocycles. The largest absolute Gasteiger partial charge is 0.480 e. The van der Waals surface area contributed by atoms with Crippen molar-refractivity contribution < 1.29 is 29.1 Å². The van der Waals surface area contributed by atoms with Gasteiger partial charge in [-0.15, -0.1) is 0 Å². The van der Waals surface area contributed by atoms with Gasteiger partial charge in [-0.3, -0.25) is 24.0 Å². The first-order valence-corrected chi connectivity index (χ1v) is 9.72. The minimum absolute atomic E-state index is 0.130. The summed E-state index contributed by atoms with van der Waals surface area (Å²) in [6.45, 7) is -0.216. The zero-order valence-corrected chi connectivity index (χ0v) is 16.2. The number of imidazole rings is 1. The van der Waals surface area contributed by atoms with Crippen molar-refractivity contribution in [1.82, 2.24) is 30.8 Å². The van der Waals surface area contributed by atoms with E-state index in [-0.39, 0.29) is 18.7 Å². The van der Waals surface area contributed by atoms with Crippen molar-refractivity contribution in [3.63, 3.8) is 0 Å². The molecular formula is C18H24N6O6. The van der Waals surface area contributed by atoms with Crippen LogP contribution in [-0.2, 0) is 30.4 Å². The van der Waals surface area contributed by atoms with E-state index in [1.807, 2.05) is 0 Å². The molecule has 5 N–H and O–H groups in total. The van der Waals surface area contributed by atoms with Gasteiger partial charge in [0.25, 0.3) is 0 Å². The van der Waals surface area contributed by atoms with E-state index in [4.69, 9.17) is 5.11 Å². The second kappa shape index (κ2) is 9.37. The van der Waals surface area contributed by atoms with E-state index in [1.54, 1.807) is 0 Å². The third-order valence-corrected chi connectivity index (χ3v) is 5.16. The van der Waals surface area contributed by atoms with Crippen molar-refractivity contribution in [2.24, 2.45) is 0 Å². The molecule has 4 amide bonds. The van der Waals surface area contributed by atoms with Crippen LogP contribution in [0.15, 0.2) is 12.5 Å². The Balaban J connectivity index is 1.71. The van der Waals surface area contributed by atoms with Crippen LogP contribution in [0.25, 0.3) is 0 Å². The van der Waals surface area contributed by atoms with Crippen LogP contribution in [0, 0.1) is 0 Å². The Morgan fingerprint density at radius 3 is 2.70 bits per heavy atom. The molecule has 0 aliphatic carbocycles. The zero-order chi connectivity index (χ0) is 21.7. The molecule has 0 radical (unpaired) electrons. The summed E-state index contributed by atoms with van der Waals surface area (Å²) in [7, 11) is 0. The lowest BCUT2D eigenvalue weighted by Crippen LogP contribution is -2.56. The lowest BCUT2D eigenvalue weighted by Gasteiger charge is -2.29. The third kappa shape index (κ3) is 5.13. The van der Waals surface area contributed by atoms with Crippen LogP contribution in [0.2, 0.25) is 0 Å². The number of carbonyl (C=O) groups is 5. The molecule has 2 aliphatic heterocycles. The van der Waals surface area contributed by atoms with E-state index in [0.717, 1.165) is 0 Å². The molecule has 12 nitrogen and oxygen atoms in total. The van der Waals surface area contributed by atoms with Crippen LogP contribution >= 0.6 is 0 Å². The normalized spacial score (nSPS) is 21.7. The summed E-state index contributed by atoms with van der Waals surface area (Å²) >= 11 is 0. The maximum atomic E-state index is 13.2. The Kier molecular flexibility index (Phi) is 6.65. The van der Waals surface area contributed by atoms with Gasteiger partial charge in [-0.05, 0) is 19.3 Å². The lowest BCUT2D eigenvalue weighted by atomic mass is 10.1. The molecule has 3 atom stereocenters. The van der Waals surface area contributed by atoms with Crippen LogP contribution in [0.5, 0.6) is 0 Å². The van der Waals surface area contributed by atoms with Crippen molar-refractivity contribution in [3.05, 3.63) is 18.2 Å². The molecule has 12 heteroatoms. The fourth-order valence-corrected chi connectivity index (χ4v) is 3.68. The first-order valence-electron chi connectivity index (χ1n) is 9.72. The molecule has 2 fully saturated rings. The van der Waals surface area contributed by atoms with Gasteiger partial charge in [0.15, 0.2) is 0 Å². The third-order valence-electron chi connectivity index (χ3n) is 5.16. The number of hydrogen-bond donors (Lipinski definition) is 5. The summed E-state index contributed by atoms with van der Waals surface area (Å²) in [6, 6.07) is -2.48. The fraction of sp³-hybridized carbons (Fsp3) is 0.556. The van der Waals surface area contributed by atoms with Gasteiger partial charge >= 0.3 is 5.97 Å². The molecule has 162 valence electrons. The maximum Gasteiger partial charge on any atom is 0.322 e. The standard InChI is InChI=1S/C18H24N6O6/c25-14-4-3-11(22-14)16(28)23-12(6-10-7-19-9-21-10)18(30)24-5-1-2-13(24)17(29)20-8-15(26)27/h7,9,11-13H,1-6,8H2,(H,19,21)(H,20,29)(H,22,25)(H,23,28)(H,26,27)/t11-,12-,13+/m1/s1. The van der Waals surface area contributed by atoms with Crippen molar-refractivity contribution >= 4 is 29.6 Å². The summed E-state index contributed by atoms with van der Waals surface area (Å²) in [5, 5.41) is 16.3. The summed E-state index contributed by atoms with van der Waals surface area (Å²) in [5.41, 5.74) is 0.621. The number of nitrogens with zero attached hydrogens (tertiary/aromatic N) is 2. The Morgan fingerprint density at radius 2 is 2.07 bits per heavy atom. The highest BCUT2D eigenvalue weighted by molar-refractivity contribution is 5.96. The van der Waals surface area contributed by atoms with Gasteiger partial charge in [0, 0.05) is 31.3 Å². The topological polar surface area (TPSA) is 174 Å². The molecule has 3 heterocycles. The maximum absolute atomic E-state index is 13.2. The number of aliphatic carboxylic acids is 1. The number of nitrogens with one attached hydrogen (secondary N) is 4. The minimum Gasteiger partial charge on any atom is -0.480 e. The SMILES string of the molecule is O=C(O)CNC(=O)[C@@H]1CCCN1C(=O)[C@@H](Cc1cnc[nH]1)NC(=O)[C@H]1CCC(=O)N1. The van der Waals surface area contributed by atoms with Crippen LogP contribution in [0.4, 0.5) is 0 Å². The molecule has 30 heavy (non-hydrogen) atoms. The Labute approximate surface area is 171 Å². The number of amides is 4. The Bertz CT molecular complexity index is 825. The van der Waals surface area contributed by atoms with Crippen LogP contribution in [0.1, 0.15) is 31.4 Å². The van der Waals surface area contributed by atoms with Crippen LogP contribution < -0.4 is 16.0 Å². The average molecular weight is 420 g/mol.